The average molecular weight is 451 g/mol. The van der Waals surface area contributed by atoms with Gasteiger partial charge in [0.1, 0.15) is 23.3 Å². The number of hydrogen-bond acceptors (Lipinski definition) is 5. The van der Waals surface area contributed by atoms with Gasteiger partial charge in [-0.05, 0) is 52.6 Å². The summed E-state index contributed by atoms with van der Waals surface area (Å²) in [6.07, 6.45) is 0. The van der Waals surface area contributed by atoms with E-state index in [-0.39, 0.29) is 17.7 Å². The minimum Gasteiger partial charge on any atom is -0.497 e. The van der Waals surface area contributed by atoms with Crippen LogP contribution in [0, 0.1) is 5.92 Å². The van der Waals surface area contributed by atoms with Crippen molar-refractivity contribution in [3.63, 3.8) is 0 Å². The fourth-order valence-electron chi connectivity index (χ4n) is 3.51. The van der Waals surface area contributed by atoms with Gasteiger partial charge in [0.2, 0.25) is 5.91 Å². The van der Waals surface area contributed by atoms with Gasteiger partial charge in [-0.3, -0.25) is 9.59 Å². The van der Waals surface area contributed by atoms with Gasteiger partial charge in [-0.2, -0.15) is 0 Å². The fourth-order valence-corrected chi connectivity index (χ4v) is 3.51. The number of amides is 2. The summed E-state index contributed by atoms with van der Waals surface area (Å²) in [5.41, 5.74) is 1.32. The van der Waals surface area contributed by atoms with Gasteiger partial charge in [0.15, 0.2) is 0 Å². The summed E-state index contributed by atoms with van der Waals surface area (Å²) in [5, 5.41) is 7.90. The Kier molecular flexibility index (Phi) is 7.77. The van der Waals surface area contributed by atoms with Crippen molar-refractivity contribution in [2.45, 2.75) is 26.4 Å². The van der Waals surface area contributed by atoms with E-state index in [4.69, 9.17) is 14.2 Å². The topological polar surface area (TPSA) is 85.9 Å². The Balaban J connectivity index is 1.69. The van der Waals surface area contributed by atoms with Crippen molar-refractivity contribution in [1.82, 2.24) is 10.6 Å². The monoisotopic (exact) mass is 450 g/mol. The van der Waals surface area contributed by atoms with Gasteiger partial charge in [0.05, 0.1) is 21.3 Å². The third-order valence-electron chi connectivity index (χ3n) is 5.43. The van der Waals surface area contributed by atoms with Crippen molar-refractivity contribution >= 4 is 22.6 Å². The number of methoxy groups -OCH3 is 3. The average Bonchev–Trinajstić information content (AvgIpc) is 2.84. The summed E-state index contributed by atoms with van der Waals surface area (Å²) in [4.78, 5) is 25.8. The van der Waals surface area contributed by atoms with Crippen LogP contribution >= 0.6 is 0 Å². The molecule has 0 spiro atoms. The molecule has 33 heavy (non-hydrogen) atoms. The number of ether oxygens (including phenoxy) is 3. The molecule has 0 aliphatic heterocycles. The molecule has 0 fully saturated rings. The second-order valence-electron chi connectivity index (χ2n) is 8.06. The number of benzene rings is 3. The molecule has 7 nitrogen and oxygen atoms in total. The summed E-state index contributed by atoms with van der Waals surface area (Å²) < 4.78 is 15.7. The number of carbonyl (C=O) groups excluding carboxylic acids is 2. The standard InChI is InChI=1S/C26H30N2O5/c1-16(2)24(28-25(29)20-12-22(32-4)14-23(13-20)33-5)26(30)27-15-17-6-7-19-11-21(31-3)9-8-18(19)10-17/h6-14,16,24H,15H2,1-5H3,(H,27,30)(H,28,29). The second-order valence-corrected chi connectivity index (χ2v) is 8.06. The smallest absolute Gasteiger partial charge is 0.252 e. The summed E-state index contributed by atoms with van der Waals surface area (Å²) >= 11 is 0. The lowest BCUT2D eigenvalue weighted by atomic mass is 10.0. The third kappa shape index (κ3) is 5.94. The predicted molar refractivity (Wildman–Crippen MR) is 128 cm³/mol. The van der Waals surface area contributed by atoms with E-state index in [0.717, 1.165) is 22.1 Å². The molecule has 3 aromatic carbocycles. The van der Waals surface area contributed by atoms with Crippen LogP contribution in [0.2, 0.25) is 0 Å². The number of hydrogen-bond donors (Lipinski definition) is 2. The quantitative estimate of drug-likeness (QED) is 0.516. The Morgan fingerprint density at radius 1 is 0.788 bits per heavy atom. The van der Waals surface area contributed by atoms with Crippen molar-refractivity contribution in [2.24, 2.45) is 5.92 Å². The van der Waals surface area contributed by atoms with E-state index < -0.39 is 6.04 Å². The molecule has 2 amide bonds. The van der Waals surface area contributed by atoms with E-state index >= 15 is 0 Å². The number of rotatable bonds is 9. The van der Waals surface area contributed by atoms with E-state index in [2.05, 4.69) is 10.6 Å². The van der Waals surface area contributed by atoms with Gasteiger partial charge in [0, 0.05) is 18.2 Å². The van der Waals surface area contributed by atoms with Crippen molar-refractivity contribution in [3.8, 4) is 17.2 Å². The summed E-state index contributed by atoms with van der Waals surface area (Å²) in [5.74, 6) is 1.07. The molecule has 0 aromatic heterocycles. The number of nitrogens with one attached hydrogen (secondary N) is 2. The van der Waals surface area contributed by atoms with E-state index in [1.807, 2.05) is 50.2 Å². The molecule has 0 saturated carbocycles. The zero-order chi connectivity index (χ0) is 24.0. The molecule has 1 atom stereocenters. The van der Waals surface area contributed by atoms with E-state index in [1.54, 1.807) is 25.3 Å². The maximum Gasteiger partial charge on any atom is 0.252 e. The molecule has 0 aliphatic carbocycles. The van der Waals surface area contributed by atoms with Crippen LogP contribution in [0.3, 0.4) is 0 Å². The highest BCUT2D eigenvalue weighted by Crippen LogP contribution is 2.23. The van der Waals surface area contributed by atoms with Crippen molar-refractivity contribution < 1.29 is 23.8 Å². The molecule has 3 rings (SSSR count). The van der Waals surface area contributed by atoms with Crippen molar-refractivity contribution in [1.29, 1.82) is 0 Å². The van der Waals surface area contributed by atoms with Gasteiger partial charge >= 0.3 is 0 Å². The molecule has 2 N–H and O–H groups in total. The Bertz CT molecular complexity index is 1120. The molecule has 174 valence electrons. The third-order valence-corrected chi connectivity index (χ3v) is 5.43. The molecule has 0 radical (unpaired) electrons. The van der Waals surface area contributed by atoms with Crippen LogP contribution in [0.15, 0.2) is 54.6 Å². The van der Waals surface area contributed by atoms with E-state index in [1.165, 1.54) is 14.2 Å². The second kappa shape index (κ2) is 10.7. The van der Waals surface area contributed by atoms with Crippen LogP contribution in [-0.2, 0) is 11.3 Å². The summed E-state index contributed by atoms with van der Waals surface area (Å²) in [6.45, 7) is 4.13. The van der Waals surface area contributed by atoms with Crippen molar-refractivity contribution in [2.75, 3.05) is 21.3 Å². The largest absolute Gasteiger partial charge is 0.497 e. The zero-order valence-electron chi connectivity index (χ0n) is 19.6. The first-order chi connectivity index (χ1) is 15.8. The Morgan fingerprint density at radius 3 is 2.00 bits per heavy atom. The SMILES string of the molecule is COc1cc(OC)cc(C(=O)NC(C(=O)NCc2ccc3cc(OC)ccc3c2)C(C)C)c1. The van der Waals surface area contributed by atoms with Crippen LogP contribution in [0.4, 0.5) is 0 Å². The van der Waals surface area contributed by atoms with Crippen LogP contribution in [-0.4, -0.2) is 39.2 Å². The van der Waals surface area contributed by atoms with Crippen LogP contribution in [0.5, 0.6) is 17.2 Å². The fraction of sp³-hybridized carbons (Fsp3) is 0.308. The van der Waals surface area contributed by atoms with Gasteiger partial charge in [-0.1, -0.05) is 32.0 Å². The minimum absolute atomic E-state index is 0.106. The Hall–Kier alpha value is -3.74. The zero-order valence-corrected chi connectivity index (χ0v) is 19.6. The molecule has 0 bridgehead atoms. The number of fused-ring (bicyclic) bond motifs is 1. The van der Waals surface area contributed by atoms with Crippen LogP contribution < -0.4 is 24.8 Å². The maximum absolute atomic E-state index is 12.9. The molecular formula is C26H30N2O5. The predicted octanol–water partition coefficient (Wildman–Crippen LogP) is 3.94. The molecule has 0 aliphatic rings. The lowest BCUT2D eigenvalue weighted by Crippen LogP contribution is -2.49. The molecule has 0 saturated heterocycles. The molecule has 0 heterocycles. The summed E-state index contributed by atoms with van der Waals surface area (Å²) in [7, 11) is 4.67. The molecule has 3 aromatic rings. The Labute approximate surface area is 194 Å². The maximum atomic E-state index is 12.9. The van der Waals surface area contributed by atoms with Gasteiger partial charge in [-0.15, -0.1) is 0 Å². The highest BCUT2D eigenvalue weighted by atomic mass is 16.5. The van der Waals surface area contributed by atoms with Crippen LogP contribution in [0.25, 0.3) is 10.8 Å². The van der Waals surface area contributed by atoms with Gasteiger partial charge in [0.25, 0.3) is 5.91 Å². The lowest BCUT2D eigenvalue weighted by Gasteiger charge is -2.22. The normalized spacial score (nSPS) is 11.7. The minimum atomic E-state index is -0.695. The Morgan fingerprint density at radius 2 is 1.39 bits per heavy atom. The van der Waals surface area contributed by atoms with E-state index in [9.17, 15) is 9.59 Å². The highest BCUT2D eigenvalue weighted by molar-refractivity contribution is 5.98. The highest BCUT2D eigenvalue weighted by Gasteiger charge is 2.25. The first-order valence-electron chi connectivity index (χ1n) is 10.7. The molecule has 7 heteroatoms. The first kappa shape index (κ1) is 23.9. The van der Waals surface area contributed by atoms with E-state index in [0.29, 0.717) is 23.6 Å². The van der Waals surface area contributed by atoms with Gasteiger partial charge < -0.3 is 24.8 Å². The lowest BCUT2D eigenvalue weighted by molar-refractivity contribution is -0.124. The van der Waals surface area contributed by atoms with Crippen LogP contribution in [0.1, 0.15) is 29.8 Å². The first-order valence-corrected chi connectivity index (χ1v) is 10.7. The number of carbonyl (C=O) groups is 2. The van der Waals surface area contributed by atoms with Crippen molar-refractivity contribution in [3.05, 3.63) is 65.7 Å². The molecule has 1 unspecified atom stereocenters. The van der Waals surface area contributed by atoms with Gasteiger partial charge in [-0.25, -0.2) is 0 Å². The molecular weight excluding hydrogens is 420 g/mol. The summed E-state index contributed by atoms with van der Waals surface area (Å²) in [6, 6.07) is 16.1.